The predicted octanol–water partition coefficient (Wildman–Crippen LogP) is 0.746. The van der Waals surface area contributed by atoms with Crippen molar-refractivity contribution in [3.05, 3.63) is 29.8 Å². The summed E-state index contributed by atoms with van der Waals surface area (Å²) < 4.78 is 22.6. The molecule has 0 saturated carbocycles. The lowest BCUT2D eigenvalue weighted by atomic mass is 10.1. The summed E-state index contributed by atoms with van der Waals surface area (Å²) in [6.45, 7) is 2.81. The minimum Gasteiger partial charge on any atom is -0.314 e. The molecule has 6 heteroatoms. The summed E-state index contributed by atoms with van der Waals surface area (Å²) in [6.07, 6.45) is 1.22. The maximum atomic E-state index is 11.3. The third-order valence-electron chi connectivity index (χ3n) is 2.75. The van der Waals surface area contributed by atoms with Gasteiger partial charge in [-0.25, -0.2) is 8.42 Å². The highest BCUT2D eigenvalue weighted by Crippen LogP contribution is 2.16. The molecule has 0 aromatic heterocycles. The third kappa shape index (κ3) is 3.67. The molecule has 4 nitrogen and oxygen atoms in total. The molecule has 17 heavy (non-hydrogen) atoms. The Morgan fingerprint density at radius 2 is 1.82 bits per heavy atom. The summed E-state index contributed by atoms with van der Waals surface area (Å²) in [7, 11) is -3.09. The number of hydrogen-bond acceptors (Lipinski definition) is 4. The second-order valence-corrected chi connectivity index (χ2v) is 6.07. The molecule has 1 aromatic carbocycles. The van der Waals surface area contributed by atoms with Gasteiger partial charge in [0.25, 0.3) is 0 Å². The molecule has 1 fully saturated rings. The van der Waals surface area contributed by atoms with Crippen LogP contribution >= 0.6 is 12.4 Å². The van der Waals surface area contributed by atoms with E-state index in [1.54, 1.807) is 12.1 Å². The van der Waals surface area contributed by atoms with Crippen molar-refractivity contribution in [3.8, 4) is 0 Å². The highest BCUT2D eigenvalue weighted by atomic mass is 35.5. The van der Waals surface area contributed by atoms with Crippen molar-refractivity contribution in [3.63, 3.8) is 0 Å². The summed E-state index contributed by atoms with van der Waals surface area (Å²) in [4.78, 5) is 0.375. The smallest absolute Gasteiger partial charge is 0.175 e. The van der Waals surface area contributed by atoms with Crippen LogP contribution < -0.4 is 10.6 Å². The summed E-state index contributed by atoms with van der Waals surface area (Å²) in [5, 5.41) is 6.68. The van der Waals surface area contributed by atoms with Crippen LogP contribution in [0, 0.1) is 0 Å². The largest absolute Gasteiger partial charge is 0.314 e. The van der Waals surface area contributed by atoms with Crippen molar-refractivity contribution in [2.45, 2.75) is 10.9 Å². The summed E-state index contributed by atoms with van der Waals surface area (Å²) in [6, 6.07) is 7.37. The lowest BCUT2D eigenvalue weighted by Crippen LogP contribution is -2.42. The Morgan fingerprint density at radius 3 is 2.29 bits per heavy atom. The van der Waals surface area contributed by atoms with Gasteiger partial charge in [0, 0.05) is 31.9 Å². The Kier molecular flexibility index (Phi) is 4.94. The van der Waals surface area contributed by atoms with E-state index in [0.717, 1.165) is 25.2 Å². The molecule has 1 aliphatic heterocycles. The Balaban J connectivity index is 0.00000144. The van der Waals surface area contributed by atoms with E-state index in [0.29, 0.717) is 4.90 Å². The van der Waals surface area contributed by atoms with E-state index in [9.17, 15) is 8.42 Å². The number of sulfone groups is 1. The van der Waals surface area contributed by atoms with Crippen molar-refractivity contribution in [1.82, 2.24) is 10.6 Å². The maximum Gasteiger partial charge on any atom is 0.175 e. The van der Waals surface area contributed by atoms with Gasteiger partial charge in [-0.15, -0.1) is 12.4 Å². The molecule has 2 N–H and O–H groups in total. The number of rotatable bonds is 2. The van der Waals surface area contributed by atoms with Gasteiger partial charge in [-0.2, -0.15) is 0 Å². The van der Waals surface area contributed by atoms with Gasteiger partial charge in [0.2, 0.25) is 0 Å². The van der Waals surface area contributed by atoms with Gasteiger partial charge in [-0.3, -0.25) is 0 Å². The van der Waals surface area contributed by atoms with Crippen LogP contribution in [0.15, 0.2) is 29.2 Å². The second-order valence-electron chi connectivity index (χ2n) is 4.05. The van der Waals surface area contributed by atoms with Crippen molar-refractivity contribution < 1.29 is 8.42 Å². The first kappa shape index (κ1) is 14.4. The van der Waals surface area contributed by atoms with Crippen LogP contribution in [0.1, 0.15) is 11.6 Å². The number of benzene rings is 1. The average molecular weight is 277 g/mol. The first-order valence-corrected chi connectivity index (χ1v) is 7.20. The van der Waals surface area contributed by atoms with Crippen LogP contribution in [0.3, 0.4) is 0 Å². The predicted molar refractivity (Wildman–Crippen MR) is 70.4 cm³/mol. The van der Waals surface area contributed by atoms with Gasteiger partial charge in [0.15, 0.2) is 9.84 Å². The van der Waals surface area contributed by atoms with Crippen LogP contribution in [0.2, 0.25) is 0 Å². The zero-order chi connectivity index (χ0) is 11.6. The fourth-order valence-corrected chi connectivity index (χ4v) is 2.47. The second kappa shape index (κ2) is 5.82. The first-order chi connectivity index (χ1) is 7.57. The molecule has 0 spiro atoms. The van der Waals surface area contributed by atoms with E-state index in [4.69, 9.17) is 0 Å². The highest BCUT2D eigenvalue weighted by Gasteiger charge is 2.14. The molecule has 1 aliphatic rings. The molecule has 0 radical (unpaired) electrons. The lowest BCUT2D eigenvalue weighted by Gasteiger charge is -2.24. The zero-order valence-electron chi connectivity index (χ0n) is 9.64. The third-order valence-corrected chi connectivity index (χ3v) is 3.88. The van der Waals surface area contributed by atoms with Crippen LogP contribution in [0.5, 0.6) is 0 Å². The van der Waals surface area contributed by atoms with E-state index < -0.39 is 9.84 Å². The van der Waals surface area contributed by atoms with E-state index in [2.05, 4.69) is 10.6 Å². The Morgan fingerprint density at radius 1 is 1.18 bits per heavy atom. The Bertz CT molecular complexity index is 453. The Hall–Kier alpha value is -0.620. The monoisotopic (exact) mass is 276 g/mol. The Labute approximate surface area is 108 Å². The zero-order valence-corrected chi connectivity index (χ0v) is 11.3. The van der Waals surface area contributed by atoms with Gasteiger partial charge >= 0.3 is 0 Å². The maximum absolute atomic E-state index is 11.3. The number of hydrogen-bond donors (Lipinski definition) is 2. The lowest BCUT2D eigenvalue weighted by molar-refractivity contribution is 0.430. The molecular formula is C11H17ClN2O2S. The minimum atomic E-state index is -3.09. The van der Waals surface area contributed by atoms with Gasteiger partial charge in [-0.1, -0.05) is 12.1 Å². The summed E-state index contributed by atoms with van der Waals surface area (Å²) in [5.74, 6) is 0. The van der Waals surface area contributed by atoms with Crippen LogP contribution in [0.4, 0.5) is 0 Å². The van der Waals surface area contributed by atoms with Gasteiger partial charge in [-0.05, 0) is 17.7 Å². The van der Waals surface area contributed by atoms with Crippen molar-refractivity contribution in [2.75, 3.05) is 25.9 Å². The molecule has 0 aliphatic carbocycles. The fourth-order valence-electron chi connectivity index (χ4n) is 1.84. The quantitative estimate of drug-likeness (QED) is 0.837. The molecule has 96 valence electrons. The van der Waals surface area contributed by atoms with E-state index in [1.807, 2.05) is 12.1 Å². The summed E-state index contributed by atoms with van der Waals surface area (Å²) in [5.41, 5.74) is 1.12. The molecular weight excluding hydrogens is 260 g/mol. The van der Waals surface area contributed by atoms with Gasteiger partial charge < -0.3 is 10.6 Å². The van der Waals surface area contributed by atoms with E-state index in [-0.39, 0.29) is 18.4 Å². The topological polar surface area (TPSA) is 58.2 Å². The standard InChI is InChI=1S/C11H16N2O2S.ClH/c1-16(14,15)10-4-2-9(3-5-10)11-8-12-6-7-13-11;/h2-5,11-13H,6-8H2,1H3;1H/t11-;/m0./s1. The number of nitrogens with one attached hydrogen (secondary N) is 2. The van der Waals surface area contributed by atoms with Gasteiger partial charge in [0.1, 0.15) is 0 Å². The fraction of sp³-hybridized carbons (Fsp3) is 0.455. The van der Waals surface area contributed by atoms with Crippen LogP contribution in [-0.2, 0) is 9.84 Å². The molecule has 1 aromatic rings. The van der Waals surface area contributed by atoms with Crippen molar-refractivity contribution >= 4 is 22.2 Å². The molecule has 1 atom stereocenters. The molecule has 2 rings (SSSR count). The molecule has 1 heterocycles. The average Bonchev–Trinajstić information content (AvgIpc) is 2.29. The minimum absolute atomic E-state index is 0. The van der Waals surface area contributed by atoms with Crippen LogP contribution in [-0.4, -0.2) is 34.3 Å². The molecule has 0 unspecified atom stereocenters. The van der Waals surface area contributed by atoms with Gasteiger partial charge in [0.05, 0.1) is 4.90 Å². The SMILES string of the molecule is CS(=O)(=O)c1ccc([C@@H]2CNCCN2)cc1.Cl. The van der Waals surface area contributed by atoms with Crippen molar-refractivity contribution in [2.24, 2.45) is 0 Å². The molecule has 0 amide bonds. The van der Waals surface area contributed by atoms with E-state index in [1.165, 1.54) is 6.26 Å². The normalized spacial score (nSPS) is 20.6. The van der Waals surface area contributed by atoms with E-state index >= 15 is 0 Å². The van der Waals surface area contributed by atoms with Crippen LogP contribution in [0.25, 0.3) is 0 Å². The number of halogens is 1. The number of piperazine rings is 1. The molecule has 1 saturated heterocycles. The molecule has 0 bridgehead atoms. The first-order valence-electron chi connectivity index (χ1n) is 5.31. The van der Waals surface area contributed by atoms with Crippen molar-refractivity contribution in [1.29, 1.82) is 0 Å². The highest BCUT2D eigenvalue weighted by molar-refractivity contribution is 7.90. The summed E-state index contributed by atoms with van der Waals surface area (Å²) >= 11 is 0.